The number of anilines is 2. The van der Waals surface area contributed by atoms with Crippen LogP contribution in [0.25, 0.3) is 0 Å². The van der Waals surface area contributed by atoms with Gasteiger partial charge in [-0.3, -0.25) is 10.00 Å². The lowest BCUT2D eigenvalue weighted by molar-refractivity contribution is 0.261. The van der Waals surface area contributed by atoms with Gasteiger partial charge in [-0.25, -0.2) is 4.79 Å². The van der Waals surface area contributed by atoms with E-state index in [1.54, 1.807) is 20.0 Å². The van der Waals surface area contributed by atoms with Gasteiger partial charge in [-0.15, -0.1) is 0 Å². The summed E-state index contributed by atoms with van der Waals surface area (Å²) in [5.74, 6) is 0.658. The molecule has 0 fully saturated rings. The predicted octanol–water partition coefficient (Wildman–Crippen LogP) is 1.12. The fraction of sp³-hybridized carbons (Fsp3) is 0.364. The Morgan fingerprint density at radius 1 is 1.47 bits per heavy atom. The van der Waals surface area contributed by atoms with Crippen LogP contribution in [0.3, 0.4) is 0 Å². The molecule has 0 aliphatic rings. The number of aliphatic hydroxyl groups excluding tert-OH is 1. The second-order valence-electron chi connectivity index (χ2n) is 3.96. The number of hydrogen-bond donors (Lipinski definition) is 3. The van der Waals surface area contributed by atoms with E-state index in [2.05, 4.69) is 20.7 Å². The normalized spacial score (nSPS) is 10.5. The Labute approximate surface area is 109 Å². The number of aliphatic hydroxyl groups is 1. The zero-order valence-corrected chi connectivity index (χ0v) is 10.7. The molecule has 0 bridgehead atoms. The van der Waals surface area contributed by atoms with Crippen molar-refractivity contribution in [2.45, 2.75) is 20.4 Å². The van der Waals surface area contributed by atoms with E-state index in [4.69, 9.17) is 9.52 Å². The van der Waals surface area contributed by atoms with Gasteiger partial charge in [0.05, 0.1) is 30.7 Å². The molecule has 0 aromatic carbocycles. The first kappa shape index (κ1) is 13.1. The van der Waals surface area contributed by atoms with Crippen LogP contribution in [0, 0.1) is 13.8 Å². The molecule has 0 radical (unpaired) electrons. The quantitative estimate of drug-likeness (QED) is 0.768. The van der Waals surface area contributed by atoms with Crippen molar-refractivity contribution in [1.82, 2.24) is 14.8 Å². The van der Waals surface area contributed by atoms with Crippen LogP contribution in [-0.2, 0) is 6.54 Å². The minimum atomic E-state index is -0.468. The van der Waals surface area contributed by atoms with Crippen LogP contribution < -0.4 is 10.6 Å². The molecule has 2 aromatic heterocycles. The molecule has 2 aromatic rings. The molecule has 0 aliphatic carbocycles. The minimum absolute atomic E-state index is 0.0117. The molecule has 19 heavy (non-hydrogen) atoms. The molecule has 0 unspecified atom stereocenters. The van der Waals surface area contributed by atoms with Crippen LogP contribution in [-0.4, -0.2) is 32.5 Å². The lowest BCUT2D eigenvalue weighted by Crippen LogP contribution is -2.19. The van der Waals surface area contributed by atoms with E-state index >= 15 is 0 Å². The number of aryl methyl sites for hydroxylation is 2. The highest BCUT2D eigenvalue weighted by Gasteiger charge is 2.10. The Bertz CT molecular complexity index is 555. The molecule has 0 aliphatic heterocycles. The van der Waals surface area contributed by atoms with E-state index in [1.807, 2.05) is 0 Å². The minimum Gasteiger partial charge on any atom is -0.428 e. The molecule has 2 heterocycles. The van der Waals surface area contributed by atoms with Gasteiger partial charge in [0.2, 0.25) is 0 Å². The summed E-state index contributed by atoms with van der Waals surface area (Å²) < 4.78 is 6.75. The van der Waals surface area contributed by atoms with E-state index in [0.29, 0.717) is 18.0 Å². The molecular formula is C11H15N5O3. The van der Waals surface area contributed by atoms with E-state index in [9.17, 15) is 4.79 Å². The zero-order chi connectivity index (χ0) is 13.8. The highest BCUT2D eigenvalue weighted by atomic mass is 16.4. The molecule has 0 spiro atoms. The number of oxazole rings is 1. The standard InChI is InChI=1S/C11H15N5O3/c1-7-8(2)19-11(13-7)15-10(18)14-9-5-12-16(6-9)3-4-17/h5-6,17H,3-4H2,1-2H3,(H2,13,14,15,18). The van der Waals surface area contributed by atoms with E-state index < -0.39 is 6.03 Å². The van der Waals surface area contributed by atoms with Crippen LogP contribution in [0.1, 0.15) is 11.5 Å². The van der Waals surface area contributed by atoms with Gasteiger partial charge in [-0.1, -0.05) is 0 Å². The number of urea groups is 1. The van der Waals surface area contributed by atoms with Crippen molar-refractivity contribution in [3.63, 3.8) is 0 Å². The second-order valence-corrected chi connectivity index (χ2v) is 3.96. The van der Waals surface area contributed by atoms with Gasteiger partial charge in [-0.2, -0.15) is 10.1 Å². The van der Waals surface area contributed by atoms with Gasteiger partial charge in [0, 0.05) is 6.20 Å². The molecule has 0 saturated heterocycles. The first-order valence-corrected chi connectivity index (χ1v) is 5.74. The summed E-state index contributed by atoms with van der Waals surface area (Å²) in [6.07, 6.45) is 3.10. The number of carbonyl (C=O) groups is 1. The Morgan fingerprint density at radius 3 is 2.89 bits per heavy atom. The average Bonchev–Trinajstić information content (AvgIpc) is 2.88. The third kappa shape index (κ3) is 3.32. The lowest BCUT2D eigenvalue weighted by atomic mass is 10.4. The van der Waals surface area contributed by atoms with E-state index in [-0.39, 0.29) is 12.6 Å². The van der Waals surface area contributed by atoms with Crippen molar-refractivity contribution in [2.75, 3.05) is 17.2 Å². The molecule has 0 saturated carbocycles. The Kier molecular flexibility index (Phi) is 3.81. The molecule has 8 nitrogen and oxygen atoms in total. The van der Waals surface area contributed by atoms with Crippen molar-refractivity contribution in [3.8, 4) is 0 Å². The van der Waals surface area contributed by atoms with Crippen LogP contribution >= 0.6 is 0 Å². The number of hydrogen-bond acceptors (Lipinski definition) is 5. The zero-order valence-electron chi connectivity index (χ0n) is 10.7. The maximum atomic E-state index is 11.7. The summed E-state index contributed by atoms with van der Waals surface area (Å²) in [5.41, 5.74) is 1.25. The van der Waals surface area contributed by atoms with E-state index in [0.717, 1.165) is 5.69 Å². The van der Waals surface area contributed by atoms with Crippen molar-refractivity contribution in [1.29, 1.82) is 0 Å². The molecule has 2 rings (SSSR count). The van der Waals surface area contributed by atoms with Crippen LogP contribution in [0.2, 0.25) is 0 Å². The van der Waals surface area contributed by atoms with Crippen molar-refractivity contribution < 1.29 is 14.3 Å². The average molecular weight is 265 g/mol. The summed E-state index contributed by atoms with van der Waals surface area (Å²) in [5, 5.41) is 17.8. The number of aromatic nitrogens is 3. The Hall–Kier alpha value is -2.35. The fourth-order valence-electron chi connectivity index (χ4n) is 1.44. The van der Waals surface area contributed by atoms with Crippen LogP contribution in [0.5, 0.6) is 0 Å². The van der Waals surface area contributed by atoms with Crippen LogP contribution in [0.4, 0.5) is 16.5 Å². The lowest BCUT2D eigenvalue weighted by Gasteiger charge is -2.01. The SMILES string of the molecule is Cc1nc(NC(=O)Nc2cnn(CCO)c2)oc1C. The largest absolute Gasteiger partial charge is 0.428 e. The number of nitrogens with one attached hydrogen (secondary N) is 2. The predicted molar refractivity (Wildman–Crippen MR) is 67.9 cm³/mol. The highest BCUT2D eigenvalue weighted by molar-refractivity contribution is 5.98. The van der Waals surface area contributed by atoms with Gasteiger partial charge >= 0.3 is 12.0 Å². The smallest absolute Gasteiger partial charge is 0.327 e. The molecular weight excluding hydrogens is 250 g/mol. The molecule has 0 atom stereocenters. The summed E-state index contributed by atoms with van der Waals surface area (Å²) >= 11 is 0. The molecule has 3 N–H and O–H groups in total. The summed E-state index contributed by atoms with van der Waals surface area (Å²) in [6, 6.07) is -0.319. The second kappa shape index (κ2) is 5.53. The van der Waals surface area contributed by atoms with Gasteiger partial charge in [0.1, 0.15) is 5.76 Å². The number of nitrogens with zero attached hydrogens (tertiary/aromatic N) is 3. The summed E-state index contributed by atoms with van der Waals surface area (Å²) in [4.78, 5) is 15.7. The Morgan fingerprint density at radius 2 is 2.26 bits per heavy atom. The van der Waals surface area contributed by atoms with Gasteiger partial charge < -0.3 is 14.8 Å². The maximum Gasteiger partial charge on any atom is 0.327 e. The Balaban J connectivity index is 1.93. The van der Waals surface area contributed by atoms with Crippen LogP contribution in [0.15, 0.2) is 16.8 Å². The monoisotopic (exact) mass is 265 g/mol. The van der Waals surface area contributed by atoms with E-state index in [1.165, 1.54) is 10.9 Å². The third-order valence-electron chi connectivity index (χ3n) is 2.47. The first-order valence-electron chi connectivity index (χ1n) is 5.74. The molecule has 2 amide bonds. The first-order chi connectivity index (χ1) is 9.08. The van der Waals surface area contributed by atoms with Crippen molar-refractivity contribution in [2.24, 2.45) is 0 Å². The third-order valence-corrected chi connectivity index (χ3v) is 2.47. The topological polar surface area (TPSA) is 105 Å². The highest BCUT2D eigenvalue weighted by Crippen LogP contribution is 2.13. The van der Waals surface area contributed by atoms with Gasteiger partial charge in [0.15, 0.2) is 0 Å². The number of rotatable bonds is 4. The van der Waals surface area contributed by atoms with Gasteiger partial charge in [0.25, 0.3) is 0 Å². The summed E-state index contributed by atoms with van der Waals surface area (Å²) in [6.45, 7) is 3.93. The maximum absolute atomic E-state index is 11.7. The summed E-state index contributed by atoms with van der Waals surface area (Å²) in [7, 11) is 0. The fourth-order valence-corrected chi connectivity index (χ4v) is 1.44. The molecule has 102 valence electrons. The van der Waals surface area contributed by atoms with Crippen molar-refractivity contribution >= 4 is 17.7 Å². The molecule has 8 heteroatoms. The number of amides is 2. The number of carbonyl (C=O) groups excluding carboxylic acids is 1. The van der Waals surface area contributed by atoms with Crippen molar-refractivity contribution in [3.05, 3.63) is 23.8 Å². The van der Waals surface area contributed by atoms with Gasteiger partial charge in [-0.05, 0) is 13.8 Å².